The molecule has 0 fully saturated rings. The third kappa shape index (κ3) is 5.81. The number of para-hydroxylation sites is 4. The van der Waals surface area contributed by atoms with E-state index in [9.17, 15) is 0 Å². The van der Waals surface area contributed by atoms with Gasteiger partial charge in [-0.1, -0.05) is 83.2 Å². The quantitative estimate of drug-likeness (QED) is 0.127. The highest BCUT2D eigenvalue weighted by molar-refractivity contribution is 5.91. The fourth-order valence-electron chi connectivity index (χ4n) is 5.67. The standard InChI is InChI=1S/C38H30N12/c1-27-35(41-45-49(27)33-19-11-5-12-20-33)37-29(25-47(43-37)31-15-7-3-8-16-31)23-39-40-24-30-26-48(32-17-9-4-10-18-32)44-38(30)36-28(2)50(46-42-36)34-21-13-6-14-22-34/h3-26H,1-2H3. The van der Waals surface area contributed by atoms with Crippen molar-refractivity contribution in [1.82, 2.24) is 49.5 Å². The van der Waals surface area contributed by atoms with Crippen LogP contribution in [0.3, 0.4) is 0 Å². The molecule has 0 N–H and O–H groups in total. The van der Waals surface area contributed by atoms with Gasteiger partial charge in [-0.15, -0.1) is 10.2 Å². The highest BCUT2D eigenvalue weighted by Crippen LogP contribution is 2.27. The van der Waals surface area contributed by atoms with Gasteiger partial charge in [-0.2, -0.15) is 20.4 Å². The van der Waals surface area contributed by atoms with Crippen molar-refractivity contribution < 1.29 is 0 Å². The fourth-order valence-corrected chi connectivity index (χ4v) is 5.67. The lowest BCUT2D eigenvalue weighted by molar-refractivity contribution is 0.785. The summed E-state index contributed by atoms with van der Waals surface area (Å²) in [5.41, 5.74) is 9.38. The van der Waals surface area contributed by atoms with Crippen LogP contribution in [0.25, 0.3) is 45.5 Å². The summed E-state index contributed by atoms with van der Waals surface area (Å²) >= 11 is 0. The minimum absolute atomic E-state index is 0.637. The molecule has 0 saturated heterocycles. The van der Waals surface area contributed by atoms with Crippen LogP contribution in [-0.4, -0.2) is 62.0 Å². The summed E-state index contributed by atoms with van der Waals surface area (Å²) in [5.74, 6) is 0. The first-order valence-corrected chi connectivity index (χ1v) is 16.0. The lowest BCUT2D eigenvalue weighted by atomic mass is 10.2. The Morgan fingerprint density at radius 3 is 1.14 bits per heavy atom. The van der Waals surface area contributed by atoms with Crippen molar-refractivity contribution >= 4 is 12.4 Å². The first kappa shape index (κ1) is 30.3. The number of hydrogen-bond acceptors (Lipinski definition) is 8. The molecule has 4 aromatic heterocycles. The van der Waals surface area contributed by atoms with Crippen LogP contribution in [0.15, 0.2) is 144 Å². The molecule has 0 saturated carbocycles. The Labute approximate surface area is 287 Å². The average Bonchev–Trinajstić information content (AvgIpc) is 3.97. The molecule has 12 heteroatoms. The van der Waals surface area contributed by atoms with E-state index in [0.717, 1.165) is 45.3 Å². The van der Waals surface area contributed by atoms with Gasteiger partial charge in [0.25, 0.3) is 0 Å². The monoisotopic (exact) mass is 654 g/mol. The highest BCUT2D eigenvalue weighted by Gasteiger charge is 2.21. The third-order valence-electron chi connectivity index (χ3n) is 8.23. The third-order valence-corrected chi connectivity index (χ3v) is 8.23. The Bertz CT molecular complexity index is 2260. The Morgan fingerprint density at radius 1 is 0.440 bits per heavy atom. The zero-order valence-electron chi connectivity index (χ0n) is 27.2. The summed E-state index contributed by atoms with van der Waals surface area (Å²) in [6.07, 6.45) is 7.18. The first-order valence-electron chi connectivity index (χ1n) is 16.0. The van der Waals surface area contributed by atoms with Gasteiger partial charge in [0.15, 0.2) is 0 Å². The molecule has 242 valence electrons. The lowest BCUT2D eigenvalue weighted by Gasteiger charge is -2.03. The van der Waals surface area contributed by atoms with Crippen molar-refractivity contribution in [2.75, 3.05) is 0 Å². The van der Waals surface area contributed by atoms with E-state index in [1.165, 1.54) is 0 Å². The van der Waals surface area contributed by atoms with Gasteiger partial charge in [0, 0.05) is 23.5 Å². The van der Waals surface area contributed by atoms with E-state index < -0.39 is 0 Å². The predicted octanol–water partition coefficient (Wildman–Crippen LogP) is 6.62. The predicted molar refractivity (Wildman–Crippen MR) is 192 cm³/mol. The van der Waals surface area contributed by atoms with E-state index in [-0.39, 0.29) is 0 Å². The maximum absolute atomic E-state index is 4.91. The Morgan fingerprint density at radius 2 is 0.780 bits per heavy atom. The SMILES string of the molecule is Cc1c(-c2nn(-c3ccccc3)cc2C=NN=Cc2cn(-c3ccccc3)nc2-c2nnn(-c3ccccc3)c2C)nnn1-c1ccccc1. The minimum Gasteiger partial charge on any atom is -0.240 e. The van der Waals surface area contributed by atoms with E-state index in [4.69, 9.17) is 10.2 Å². The van der Waals surface area contributed by atoms with Gasteiger partial charge in [-0.3, -0.25) is 0 Å². The van der Waals surface area contributed by atoms with Crippen LogP contribution < -0.4 is 0 Å². The molecule has 0 aliphatic carbocycles. The molecule has 4 aromatic carbocycles. The largest absolute Gasteiger partial charge is 0.240 e. The molecule has 8 aromatic rings. The van der Waals surface area contributed by atoms with Gasteiger partial charge in [-0.05, 0) is 62.4 Å². The molecule has 0 spiro atoms. The Kier molecular flexibility index (Phi) is 7.99. The molecule has 50 heavy (non-hydrogen) atoms. The second-order valence-electron chi connectivity index (χ2n) is 11.5. The van der Waals surface area contributed by atoms with Gasteiger partial charge < -0.3 is 0 Å². The molecule has 8 rings (SSSR count). The van der Waals surface area contributed by atoms with Crippen molar-refractivity contribution in [2.45, 2.75) is 13.8 Å². The van der Waals surface area contributed by atoms with Crippen LogP contribution in [0.2, 0.25) is 0 Å². The number of benzene rings is 4. The summed E-state index contributed by atoms with van der Waals surface area (Å²) in [4.78, 5) is 0. The second-order valence-corrected chi connectivity index (χ2v) is 11.5. The smallest absolute Gasteiger partial charge is 0.137 e. The van der Waals surface area contributed by atoms with Crippen LogP contribution in [0.4, 0.5) is 0 Å². The molecule has 0 radical (unpaired) electrons. The zero-order chi connectivity index (χ0) is 33.9. The molecule has 0 unspecified atom stereocenters. The minimum atomic E-state index is 0.637. The van der Waals surface area contributed by atoms with Crippen LogP contribution in [0.5, 0.6) is 0 Å². The van der Waals surface area contributed by atoms with Crippen molar-refractivity contribution in [1.29, 1.82) is 0 Å². The van der Waals surface area contributed by atoms with E-state index in [1.807, 2.05) is 157 Å². The molecule has 0 bridgehead atoms. The van der Waals surface area contributed by atoms with Crippen LogP contribution in [0, 0.1) is 13.8 Å². The summed E-state index contributed by atoms with van der Waals surface area (Å²) < 4.78 is 7.22. The number of rotatable bonds is 9. The van der Waals surface area contributed by atoms with Gasteiger partial charge in [-0.25, -0.2) is 18.7 Å². The number of aromatic nitrogens is 10. The van der Waals surface area contributed by atoms with Crippen LogP contribution in [0.1, 0.15) is 22.5 Å². The maximum Gasteiger partial charge on any atom is 0.137 e. The molecular weight excluding hydrogens is 625 g/mol. The molecule has 0 amide bonds. The Hall–Kier alpha value is -7.08. The van der Waals surface area contributed by atoms with Crippen molar-refractivity contribution in [3.05, 3.63) is 156 Å². The van der Waals surface area contributed by atoms with E-state index in [2.05, 4.69) is 30.8 Å². The molecular formula is C38H30N12. The maximum atomic E-state index is 4.91. The summed E-state index contributed by atoms with van der Waals surface area (Å²) in [7, 11) is 0. The van der Waals surface area contributed by atoms with Gasteiger partial charge >= 0.3 is 0 Å². The van der Waals surface area contributed by atoms with E-state index in [0.29, 0.717) is 22.8 Å². The molecule has 0 aliphatic heterocycles. The molecule has 12 nitrogen and oxygen atoms in total. The topological polar surface area (TPSA) is 122 Å². The van der Waals surface area contributed by atoms with Gasteiger partial charge in [0.2, 0.25) is 0 Å². The summed E-state index contributed by atoms with van der Waals surface area (Å²) in [6, 6.07) is 39.6. The normalized spacial score (nSPS) is 11.6. The number of nitrogens with zero attached hydrogens (tertiary/aromatic N) is 12. The fraction of sp³-hybridized carbons (Fsp3) is 0.0526. The second kappa shape index (κ2) is 13.2. The van der Waals surface area contributed by atoms with Crippen molar-refractivity contribution in [2.24, 2.45) is 10.2 Å². The van der Waals surface area contributed by atoms with Crippen molar-refractivity contribution in [3.8, 4) is 45.5 Å². The van der Waals surface area contributed by atoms with E-state index >= 15 is 0 Å². The molecule has 4 heterocycles. The summed E-state index contributed by atoms with van der Waals surface area (Å²) in [6.45, 7) is 3.95. The highest BCUT2D eigenvalue weighted by atomic mass is 15.4. The zero-order valence-corrected chi connectivity index (χ0v) is 27.2. The number of hydrogen-bond donors (Lipinski definition) is 0. The first-order chi connectivity index (χ1) is 24.6. The summed E-state index contributed by atoms with van der Waals surface area (Å²) in [5, 5.41) is 36.7. The van der Waals surface area contributed by atoms with E-state index in [1.54, 1.807) is 21.8 Å². The van der Waals surface area contributed by atoms with Gasteiger partial charge in [0.1, 0.15) is 22.8 Å². The van der Waals surface area contributed by atoms with Crippen molar-refractivity contribution in [3.63, 3.8) is 0 Å². The van der Waals surface area contributed by atoms with Crippen LogP contribution >= 0.6 is 0 Å². The lowest BCUT2D eigenvalue weighted by Crippen LogP contribution is -1.99. The average molecular weight is 655 g/mol. The Balaban J connectivity index is 1.16. The molecule has 0 atom stereocenters. The van der Waals surface area contributed by atoms with Gasteiger partial charge in [0.05, 0.1) is 46.6 Å². The van der Waals surface area contributed by atoms with Crippen LogP contribution in [-0.2, 0) is 0 Å². The molecule has 0 aliphatic rings.